The van der Waals surface area contributed by atoms with Crippen LogP contribution in [-0.4, -0.2) is 25.7 Å². The van der Waals surface area contributed by atoms with Gasteiger partial charge in [-0.1, -0.05) is 0 Å². The zero-order chi connectivity index (χ0) is 11.5. The lowest BCUT2D eigenvalue weighted by Gasteiger charge is -2.26. The van der Waals surface area contributed by atoms with Crippen molar-refractivity contribution in [1.29, 1.82) is 0 Å². The largest absolute Gasteiger partial charge is 0.486 e. The lowest BCUT2D eigenvalue weighted by Crippen LogP contribution is -2.33. The third-order valence-corrected chi connectivity index (χ3v) is 3.05. The fraction of sp³-hybridized carbons (Fsp3) is 0.364. The maximum Gasteiger partial charge on any atom is 0.309 e. The van der Waals surface area contributed by atoms with Crippen molar-refractivity contribution in [2.24, 2.45) is 0 Å². The Morgan fingerprint density at radius 2 is 2.50 bits per heavy atom. The van der Waals surface area contributed by atoms with Gasteiger partial charge in [0.15, 0.2) is 0 Å². The first-order chi connectivity index (χ1) is 7.69. The average molecular weight is 333 g/mol. The van der Waals surface area contributed by atoms with Crippen LogP contribution in [0, 0.1) is 3.57 Å². The molecular formula is C11H12INO3. The summed E-state index contributed by atoms with van der Waals surface area (Å²) in [7, 11) is 1.38. The molecule has 4 nitrogen and oxygen atoms in total. The van der Waals surface area contributed by atoms with Crippen LogP contribution in [-0.2, 0) is 9.53 Å². The van der Waals surface area contributed by atoms with Crippen LogP contribution in [0.4, 0.5) is 5.69 Å². The summed E-state index contributed by atoms with van der Waals surface area (Å²) < 4.78 is 11.5. The van der Waals surface area contributed by atoms with E-state index in [-0.39, 0.29) is 18.5 Å². The highest BCUT2D eigenvalue weighted by Crippen LogP contribution is 2.31. The highest BCUT2D eigenvalue weighted by Gasteiger charge is 2.22. The second-order valence-corrected chi connectivity index (χ2v) is 4.79. The van der Waals surface area contributed by atoms with Crippen molar-refractivity contribution in [1.82, 2.24) is 0 Å². The molecule has 1 N–H and O–H groups in total. The summed E-state index contributed by atoms with van der Waals surface area (Å²) in [5.41, 5.74) is 0.980. The minimum Gasteiger partial charge on any atom is -0.486 e. The lowest BCUT2D eigenvalue weighted by molar-refractivity contribution is -0.142. The smallest absolute Gasteiger partial charge is 0.309 e. The molecule has 0 saturated heterocycles. The van der Waals surface area contributed by atoms with Gasteiger partial charge in [0.2, 0.25) is 0 Å². The normalized spacial score (nSPS) is 18.0. The van der Waals surface area contributed by atoms with Gasteiger partial charge in [0.25, 0.3) is 0 Å². The lowest BCUT2D eigenvalue weighted by atomic mass is 10.2. The van der Waals surface area contributed by atoms with Crippen molar-refractivity contribution in [2.45, 2.75) is 12.5 Å². The molecule has 0 bridgehead atoms. The number of hydrogen-bond donors (Lipinski definition) is 1. The van der Waals surface area contributed by atoms with Crippen LogP contribution in [0.15, 0.2) is 18.2 Å². The van der Waals surface area contributed by atoms with Crippen LogP contribution in [0.3, 0.4) is 0 Å². The molecule has 0 unspecified atom stereocenters. The van der Waals surface area contributed by atoms with Crippen molar-refractivity contribution in [3.05, 3.63) is 21.8 Å². The Hall–Kier alpha value is -0.980. The monoisotopic (exact) mass is 333 g/mol. The summed E-state index contributed by atoms with van der Waals surface area (Å²) in [6.45, 7) is 0.627. The molecule has 2 rings (SSSR count). The number of rotatable bonds is 2. The third-order valence-electron chi connectivity index (χ3n) is 2.38. The van der Waals surface area contributed by atoms with Crippen LogP contribution in [0.25, 0.3) is 0 Å². The molecule has 0 aromatic heterocycles. The molecule has 1 aliphatic rings. The van der Waals surface area contributed by atoms with E-state index in [9.17, 15) is 4.79 Å². The molecule has 0 saturated carbocycles. The van der Waals surface area contributed by atoms with Crippen molar-refractivity contribution < 1.29 is 14.3 Å². The van der Waals surface area contributed by atoms with Gasteiger partial charge in [-0.2, -0.15) is 0 Å². The van der Waals surface area contributed by atoms with E-state index in [0.717, 1.165) is 15.0 Å². The third kappa shape index (κ3) is 2.58. The Labute approximate surface area is 107 Å². The summed E-state index contributed by atoms with van der Waals surface area (Å²) in [6.07, 6.45) is 0.120. The fourth-order valence-electron chi connectivity index (χ4n) is 1.57. The number of nitrogens with one attached hydrogen (secondary N) is 1. The molecule has 1 aromatic carbocycles. The molecule has 1 aliphatic heterocycles. The molecule has 5 heteroatoms. The Morgan fingerprint density at radius 1 is 1.69 bits per heavy atom. The first kappa shape index (κ1) is 11.5. The van der Waals surface area contributed by atoms with Gasteiger partial charge in [-0.05, 0) is 40.8 Å². The second-order valence-electron chi connectivity index (χ2n) is 3.54. The molecule has 16 heavy (non-hydrogen) atoms. The average Bonchev–Trinajstić information content (AvgIpc) is 2.29. The van der Waals surface area contributed by atoms with E-state index in [1.807, 2.05) is 18.2 Å². The SMILES string of the molecule is COC(=O)C[C@H]1CNc2cc(I)ccc2O1. The zero-order valence-electron chi connectivity index (χ0n) is 8.83. The van der Waals surface area contributed by atoms with E-state index in [4.69, 9.17) is 4.74 Å². The van der Waals surface area contributed by atoms with Gasteiger partial charge in [0, 0.05) is 3.57 Å². The minimum absolute atomic E-state index is 0.153. The van der Waals surface area contributed by atoms with E-state index in [1.165, 1.54) is 7.11 Å². The number of esters is 1. The molecule has 0 amide bonds. The number of carbonyl (C=O) groups excluding carboxylic acids is 1. The van der Waals surface area contributed by atoms with Crippen molar-refractivity contribution in [3.63, 3.8) is 0 Å². The molecular weight excluding hydrogens is 321 g/mol. The van der Waals surface area contributed by atoms with Gasteiger partial charge in [0.05, 0.1) is 25.8 Å². The molecule has 86 valence electrons. The highest BCUT2D eigenvalue weighted by atomic mass is 127. The van der Waals surface area contributed by atoms with Crippen molar-refractivity contribution in [2.75, 3.05) is 19.0 Å². The van der Waals surface area contributed by atoms with E-state index in [1.54, 1.807) is 0 Å². The predicted octanol–water partition coefficient (Wildman–Crippen LogP) is 2.03. The number of fused-ring (bicyclic) bond motifs is 1. The van der Waals surface area contributed by atoms with Crippen molar-refractivity contribution >= 4 is 34.2 Å². The molecule has 1 atom stereocenters. The Bertz CT molecular complexity index is 408. The van der Waals surface area contributed by atoms with Gasteiger partial charge in [-0.15, -0.1) is 0 Å². The van der Waals surface area contributed by atoms with Crippen LogP contribution in [0.2, 0.25) is 0 Å². The van der Waals surface area contributed by atoms with Crippen LogP contribution in [0.5, 0.6) is 5.75 Å². The highest BCUT2D eigenvalue weighted by molar-refractivity contribution is 14.1. The molecule has 0 spiro atoms. The van der Waals surface area contributed by atoms with Crippen LogP contribution in [0.1, 0.15) is 6.42 Å². The molecule has 0 radical (unpaired) electrons. The van der Waals surface area contributed by atoms with E-state index >= 15 is 0 Å². The number of ether oxygens (including phenoxy) is 2. The number of carbonyl (C=O) groups is 1. The Kier molecular flexibility index (Phi) is 3.52. The standard InChI is InChI=1S/C11H12INO3/c1-15-11(14)5-8-6-13-9-4-7(12)2-3-10(9)16-8/h2-4,8,13H,5-6H2,1H3/t8-/m0/s1. The topological polar surface area (TPSA) is 47.6 Å². The summed E-state index contributed by atoms with van der Waals surface area (Å²) in [5.74, 6) is 0.543. The zero-order valence-corrected chi connectivity index (χ0v) is 11.0. The fourth-order valence-corrected chi connectivity index (χ4v) is 2.06. The summed E-state index contributed by atoms with van der Waals surface area (Å²) in [4.78, 5) is 11.1. The van der Waals surface area contributed by atoms with Crippen molar-refractivity contribution in [3.8, 4) is 5.75 Å². The van der Waals surface area contributed by atoms with Crippen LogP contribution < -0.4 is 10.1 Å². The molecule has 1 heterocycles. The predicted molar refractivity (Wildman–Crippen MR) is 68.7 cm³/mol. The van der Waals surface area contributed by atoms with E-state index < -0.39 is 0 Å². The summed E-state index contributed by atoms with van der Waals surface area (Å²) in [5, 5.41) is 3.25. The Morgan fingerprint density at radius 3 is 3.25 bits per heavy atom. The number of benzene rings is 1. The van der Waals surface area contributed by atoms with E-state index in [0.29, 0.717) is 6.54 Å². The molecule has 0 fully saturated rings. The summed E-state index contributed by atoms with van der Waals surface area (Å²) in [6, 6.07) is 5.90. The summed E-state index contributed by atoms with van der Waals surface area (Å²) >= 11 is 2.25. The van der Waals surface area contributed by atoms with Gasteiger partial charge >= 0.3 is 5.97 Å². The van der Waals surface area contributed by atoms with Gasteiger partial charge in [0.1, 0.15) is 11.9 Å². The van der Waals surface area contributed by atoms with Gasteiger partial charge in [-0.3, -0.25) is 4.79 Å². The second kappa shape index (κ2) is 4.90. The number of methoxy groups -OCH3 is 1. The first-order valence-corrected chi connectivity index (χ1v) is 6.04. The van der Waals surface area contributed by atoms with Crippen LogP contribution >= 0.6 is 22.6 Å². The quantitative estimate of drug-likeness (QED) is 0.665. The van der Waals surface area contributed by atoms with Gasteiger partial charge in [-0.25, -0.2) is 0 Å². The Balaban J connectivity index is 2.06. The van der Waals surface area contributed by atoms with Gasteiger partial charge < -0.3 is 14.8 Å². The molecule has 1 aromatic rings. The molecule has 0 aliphatic carbocycles. The number of anilines is 1. The van der Waals surface area contributed by atoms with E-state index in [2.05, 4.69) is 32.6 Å². The number of hydrogen-bond acceptors (Lipinski definition) is 4. The maximum atomic E-state index is 11.1. The minimum atomic E-state index is -0.249. The number of halogens is 1. The maximum absolute atomic E-state index is 11.1. The first-order valence-electron chi connectivity index (χ1n) is 4.96.